The molecule has 0 aliphatic rings. The molecule has 0 fully saturated rings. The number of hydrogen-bond donors (Lipinski definition) is 2. The number of ether oxygens (including phenoxy) is 1. The van der Waals surface area contributed by atoms with Crippen molar-refractivity contribution >= 4 is 17.3 Å². The Morgan fingerprint density at radius 3 is 2.72 bits per heavy atom. The molecule has 25 heavy (non-hydrogen) atoms. The molecule has 1 unspecified atom stereocenters. The zero-order valence-electron chi connectivity index (χ0n) is 15.1. The number of nitrogens with one attached hydrogen (secondary N) is 2. The second-order valence-electron chi connectivity index (χ2n) is 5.73. The summed E-state index contributed by atoms with van der Waals surface area (Å²) >= 11 is 1.73. The smallest absolute Gasteiger partial charge is 0.191 e. The quantitative estimate of drug-likeness (QED) is 0.586. The van der Waals surface area contributed by atoms with Crippen molar-refractivity contribution in [3.63, 3.8) is 0 Å². The summed E-state index contributed by atoms with van der Waals surface area (Å²) in [5.41, 5.74) is 1.10. The maximum atomic E-state index is 13.6. The van der Waals surface area contributed by atoms with Gasteiger partial charge in [0.1, 0.15) is 6.10 Å². The van der Waals surface area contributed by atoms with Crippen LogP contribution in [0.2, 0.25) is 0 Å². The third-order valence-electron chi connectivity index (χ3n) is 3.59. The van der Waals surface area contributed by atoms with Gasteiger partial charge in [-0.25, -0.2) is 9.37 Å². The second-order valence-corrected chi connectivity index (χ2v) is 7.02. The average Bonchev–Trinajstić information content (AvgIpc) is 2.90. The first-order chi connectivity index (χ1) is 12.0. The Morgan fingerprint density at radius 1 is 1.32 bits per heavy atom. The minimum absolute atomic E-state index is 0.193. The van der Waals surface area contributed by atoms with Crippen LogP contribution < -0.4 is 15.4 Å². The Bertz CT molecular complexity index is 717. The van der Waals surface area contributed by atoms with Crippen LogP contribution in [0.4, 0.5) is 4.39 Å². The van der Waals surface area contributed by atoms with E-state index in [2.05, 4.69) is 20.6 Å². The van der Waals surface area contributed by atoms with Crippen molar-refractivity contribution in [1.82, 2.24) is 15.6 Å². The predicted molar refractivity (Wildman–Crippen MR) is 101 cm³/mol. The lowest BCUT2D eigenvalue weighted by atomic mass is 10.3. The molecule has 0 amide bonds. The Balaban J connectivity index is 1.74. The second kappa shape index (κ2) is 9.36. The number of aliphatic imine (C=N–C) groups is 1. The molecular weight excluding hydrogens is 339 g/mol. The largest absolute Gasteiger partial charge is 0.486 e. The van der Waals surface area contributed by atoms with Gasteiger partial charge >= 0.3 is 0 Å². The van der Waals surface area contributed by atoms with Crippen molar-refractivity contribution in [3.8, 4) is 5.75 Å². The van der Waals surface area contributed by atoms with E-state index in [1.165, 1.54) is 10.9 Å². The van der Waals surface area contributed by atoms with Gasteiger partial charge < -0.3 is 15.4 Å². The van der Waals surface area contributed by atoms with Crippen molar-refractivity contribution in [1.29, 1.82) is 0 Å². The fraction of sp³-hybridized carbons (Fsp3) is 0.444. The maximum absolute atomic E-state index is 13.6. The number of halogens is 1. The van der Waals surface area contributed by atoms with Gasteiger partial charge in [0.25, 0.3) is 0 Å². The monoisotopic (exact) mass is 364 g/mol. The fourth-order valence-electron chi connectivity index (χ4n) is 2.36. The lowest BCUT2D eigenvalue weighted by molar-refractivity contribution is 0.214. The van der Waals surface area contributed by atoms with E-state index in [0.717, 1.165) is 23.7 Å². The van der Waals surface area contributed by atoms with Gasteiger partial charge in [0, 0.05) is 24.9 Å². The molecule has 2 aromatic rings. The van der Waals surface area contributed by atoms with Gasteiger partial charge in [0.05, 0.1) is 17.2 Å². The summed E-state index contributed by atoms with van der Waals surface area (Å²) in [6.45, 7) is 7.23. The number of rotatable bonds is 7. The highest BCUT2D eigenvalue weighted by atomic mass is 32.1. The van der Waals surface area contributed by atoms with Crippen molar-refractivity contribution in [2.24, 2.45) is 4.99 Å². The summed E-state index contributed by atoms with van der Waals surface area (Å²) in [4.78, 5) is 9.92. The standard InChI is InChI=1S/C18H25FN4OS/c1-12(24-16-8-6-5-7-15(16)19)11-22-18(20-4)21-10-9-17-13(2)23-14(3)25-17/h5-8,12H,9-11H2,1-4H3,(H2,20,21,22). The Morgan fingerprint density at radius 2 is 2.08 bits per heavy atom. The van der Waals surface area contributed by atoms with Crippen LogP contribution in [0.15, 0.2) is 29.3 Å². The van der Waals surface area contributed by atoms with Crippen LogP contribution in [-0.4, -0.2) is 37.2 Å². The van der Waals surface area contributed by atoms with Crippen molar-refractivity contribution in [2.75, 3.05) is 20.1 Å². The fourth-order valence-corrected chi connectivity index (χ4v) is 3.30. The van der Waals surface area contributed by atoms with E-state index in [9.17, 15) is 4.39 Å². The first-order valence-electron chi connectivity index (χ1n) is 8.28. The summed E-state index contributed by atoms with van der Waals surface area (Å²) in [6, 6.07) is 6.41. The van der Waals surface area contributed by atoms with Crippen LogP contribution >= 0.6 is 11.3 Å². The number of nitrogens with zero attached hydrogens (tertiary/aromatic N) is 2. The van der Waals surface area contributed by atoms with E-state index >= 15 is 0 Å². The molecule has 5 nitrogen and oxygen atoms in total. The SMILES string of the molecule is CN=C(NCCc1sc(C)nc1C)NCC(C)Oc1ccccc1F. The van der Waals surface area contributed by atoms with Gasteiger partial charge in [0.2, 0.25) is 0 Å². The van der Waals surface area contributed by atoms with Crippen LogP contribution in [0.5, 0.6) is 5.75 Å². The first-order valence-corrected chi connectivity index (χ1v) is 9.10. The zero-order chi connectivity index (χ0) is 18.2. The van der Waals surface area contributed by atoms with Crippen LogP contribution in [0.3, 0.4) is 0 Å². The highest BCUT2D eigenvalue weighted by molar-refractivity contribution is 7.11. The van der Waals surface area contributed by atoms with E-state index < -0.39 is 0 Å². The molecule has 1 atom stereocenters. The molecule has 0 aliphatic carbocycles. The first kappa shape index (κ1) is 19.2. The van der Waals surface area contributed by atoms with Gasteiger partial charge in [-0.15, -0.1) is 11.3 Å². The van der Waals surface area contributed by atoms with E-state index in [4.69, 9.17) is 4.74 Å². The van der Waals surface area contributed by atoms with Gasteiger partial charge in [-0.3, -0.25) is 4.99 Å². The van der Waals surface area contributed by atoms with E-state index in [1.54, 1.807) is 36.6 Å². The Kier molecular flexibility index (Phi) is 7.18. The molecule has 1 aromatic heterocycles. The van der Waals surface area contributed by atoms with E-state index in [0.29, 0.717) is 12.5 Å². The van der Waals surface area contributed by atoms with E-state index in [-0.39, 0.29) is 17.7 Å². The molecule has 1 aromatic carbocycles. The van der Waals surface area contributed by atoms with Crippen molar-refractivity contribution in [3.05, 3.63) is 45.7 Å². The number of para-hydroxylation sites is 1. The molecule has 0 radical (unpaired) electrons. The lowest BCUT2D eigenvalue weighted by Crippen LogP contribution is -2.42. The van der Waals surface area contributed by atoms with Crippen LogP contribution in [0, 0.1) is 19.7 Å². The minimum Gasteiger partial charge on any atom is -0.486 e. The molecule has 1 heterocycles. The summed E-state index contributed by atoms with van der Waals surface area (Å²) in [7, 11) is 1.72. The molecule has 0 saturated heterocycles. The highest BCUT2D eigenvalue weighted by Crippen LogP contribution is 2.17. The van der Waals surface area contributed by atoms with Crippen molar-refractivity contribution in [2.45, 2.75) is 33.3 Å². The van der Waals surface area contributed by atoms with Crippen LogP contribution in [0.1, 0.15) is 22.5 Å². The summed E-state index contributed by atoms with van der Waals surface area (Å²) in [6.07, 6.45) is 0.709. The molecule has 2 N–H and O–H groups in total. The number of thiazole rings is 1. The van der Waals surface area contributed by atoms with Crippen LogP contribution in [-0.2, 0) is 6.42 Å². The number of aryl methyl sites for hydroxylation is 2. The number of hydrogen-bond acceptors (Lipinski definition) is 4. The summed E-state index contributed by atoms with van der Waals surface area (Å²) in [5, 5.41) is 7.56. The lowest BCUT2D eigenvalue weighted by Gasteiger charge is -2.18. The molecule has 0 aliphatic heterocycles. The number of guanidine groups is 1. The molecule has 2 rings (SSSR count). The van der Waals surface area contributed by atoms with Gasteiger partial charge in [0.15, 0.2) is 17.5 Å². The molecule has 7 heteroatoms. The zero-order valence-corrected chi connectivity index (χ0v) is 15.9. The highest BCUT2D eigenvalue weighted by Gasteiger charge is 2.09. The third kappa shape index (κ3) is 6.01. The van der Waals surface area contributed by atoms with Gasteiger partial charge in [-0.2, -0.15) is 0 Å². The molecular formula is C18H25FN4OS. The number of benzene rings is 1. The van der Waals surface area contributed by atoms with Crippen molar-refractivity contribution < 1.29 is 9.13 Å². The Labute approximate surface area is 152 Å². The molecule has 0 spiro atoms. The Hall–Kier alpha value is -2.15. The number of aromatic nitrogens is 1. The average molecular weight is 364 g/mol. The summed E-state index contributed by atoms with van der Waals surface area (Å²) < 4.78 is 19.2. The topological polar surface area (TPSA) is 58.5 Å². The van der Waals surface area contributed by atoms with Gasteiger partial charge in [-0.05, 0) is 32.9 Å². The van der Waals surface area contributed by atoms with Crippen LogP contribution in [0.25, 0.3) is 0 Å². The summed E-state index contributed by atoms with van der Waals surface area (Å²) in [5.74, 6) is 0.603. The molecule has 0 bridgehead atoms. The molecule has 136 valence electrons. The predicted octanol–water partition coefficient (Wildman–Crippen LogP) is 3.07. The minimum atomic E-state index is -0.355. The van der Waals surface area contributed by atoms with Gasteiger partial charge in [-0.1, -0.05) is 12.1 Å². The third-order valence-corrected chi connectivity index (χ3v) is 4.72. The normalized spacial score (nSPS) is 12.8. The molecule has 0 saturated carbocycles. The maximum Gasteiger partial charge on any atom is 0.191 e. The van der Waals surface area contributed by atoms with E-state index in [1.807, 2.05) is 20.8 Å².